The van der Waals surface area contributed by atoms with E-state index in [4.69, 9.17) is 10.00 Å². The summed E-state index contributed by atoms with van der Waals surface area (Å²) in [7, 11) is 0. The topological polar surface area (TPSA) is 45.0 Å². The summed E-state index contributed by atoms with van der Waals surface area (Å²) in [4.78, 5) is 0. The first kappa shape index (κ1) is 10.0. The van der Waals surface area contributed by atoms with Crippen LogP contribution in [0.1, 0.15) is 18.4 Å². The fourth-order valence-electron chi connectivity index (χ4n) is 1.77. The van der Waals surface area contributed by atoms with Crippen molar-refractivity contribution in [3.05, 3.63) is 29.8 Å². The van der Waals surface area contributed by atoms with Gasteiger partial charge in [-0.25, -0.2) is 0 Å². The van der Waals surface area contributed by atoms with Crippen molar-refractivity contribution in [1.82, 2.24) is 5.32 Å². The van der Waals surface area contributed by atoms with Gasteiger partial charge in [-0.1, -0.05) is 12.1 Å². The molecule has 0 amide bonds. The first-order valence-electron chi connectivity index (χ1n) is 5.25. The normalized spacial score (nSPS) is 19.8. The predicted octanol–water partition coefficient (Wildman–Crippen LogP) is 1.69. The Bertz CT molecular complexity index is 364. The van der Waals surface area contributed by atoms with Crippen LogP contribution in [-0.2, 0) is 0 Å². The number of para-hydroxylation sites is 1. The molecule has 1 atom stereocenters. The Morgan fingerprint density at radius 3 is 3.07 bits per heavy atom. The lowest BCUT2D eigenvalue weighted by atomic mass is 10.2. The van der Waals surface area contributed by atoms with Gasteiger partial charge in [-0.3, -0.25) is 0 Å². The van der Waals surface area contributed by atoms with Gasteiger partial charge in [0.1, 0.15) is 18.4 Å². The number of benzene rings is 1. The highest BCUT2D eigenvalue weighted by atomic mass is 16.5. The van der Waals surface area contributed by atoms with Crippen LogP contribution in [0.5, 0.6) is 5.75 Å². The molecule has 1 aromatic rings. The minimum Gasteiger partial charge on any atom is -0.491 e. The van der Waals surface area contributed by atoms with Gasteiger partial charge in [-0.15, -0.1) is 0 Å². The van der Waals surface area contributed by atoms with Crippen molar-refractivity contribution >= 4 is 0 Å². The first-order valence-corrected chi connectivity index (χ1v) is 5.25. The third-order valence-electron chi connectivity index (χ3n) is 2.61. The van der Waals surface area contributed by atoms with E-state index in [1.807, 2.05) is 18.2 Å². The van der Waals surface area contributed by atoms with E-state index >= 15 is 0 Å². The van der Waals surface area contributed by atoms with Crippen molar-refractivity contribution in [2.24, 2.45) is 0 Å². The predicted molar refractivity (Wildman–Crippen MR) is 57.7 cm³/mol. The number of rotatable bonds is 3. The molecule has 1 aliphatic rings. The van der Waals surface area contributed by atoms with E-state index in [-0.39, 0.29) is 0 Å². The molecule has 0 radical (unpaired) electrons. The molecule has 1 aliphatic heterocycles. The van der Waals surface area contributed by atoms with Crippen molar-refractivity contribution in [2.75, 3.05) is 13.2 Å². The van der Waals surface area contributed by atoms with Crippen molar-refractivity contribution in [1.29, 1.82) is 5.26 Å². The summed E-state index contributed by atoms with van der Waals surface area (Å²) in [6.07, 6.45) is 2.38. The van der Waals surface area contributed by atoms with Crippen LogP contribution in [-0.4, -0.2) is 19.2 Å². The summed E-state index contributed by atoms with van der Waals surface area (Å²) in [5.41, 5.74) is 0.607. The van der Waals surface area contributed by atoms with Crippen LogP contribution < -0.4 is 10.1 Å². The van der Waals surface area contributed by atoms with Crippen LogP contribution in [0.15, 0.2) is 24.3 Å². The third kappa shape index (κ3) is 2.48. The molecular weight excluding hydrogens is 188 g/mol. The molecule has 0 aromatic heterocycles. The van der Waals surface area contributed by atoms with E-state index in [1.165, 1.54) is 6.42 Å². The molecule has 1 saturated heterocycles. The summed E-state index contributed by atoms with van der Waals surface area (Å²) in [6, 6.07) is 9.92. The fraction of sp³-hybridized carbons (Fsp3) is 0.417. The van der Waals surface area contributed by atoms with Crippen molar-refractivity contribution in [3.8, 4) is 11.8 Å². The van der Waals surface area contributed by atoms with E-state index < -0.39 is 0 Å². The fourth-order valence-corrected chi connectivity index (χ4v) is 1.77. The summed E-state index contributed by atoms with van der Waals surface area (Å²) in [5.74, 6) is 0.689. The minimum atomic E-state index is 0.441. The maximum Gasteiger partial charge on any atom is 0.137 e. The van der Waals surface area contributed by atoms with Crippen molar-refractivity contribution in [2.45, 2.75) is 18.9 Å². The summed E-state index contributed by atoms with van der Waals surface area (Å²) in [5, 5.41) is 12.2. The van der Waals surface area contributed by atoms with Crippen LogP contribution in [0.4, 0.5) is 0 Å². The van der Waals surface area contributed by atoms with Gasteiger partial charge >= 0.3 is 0 Å². The summed E-state index contributed by atoms with van der Waals surface area (Å²) >= 11 is 0. The lowest BCUT2D eigenvalue weighted by Gasteiger charge is -2.12. The molecule has 0 spiro atoms. The highest BCUT2D eigenvalue weighted by Gasteiger charge is 2.14. The Labute approximate surface area is 89.7 Å². The Kier molecular flexibility index (Phi) is 3.21. The van der Waals surface area contributed by atoms with Gasteiger partial charge in [0.25, 0.3) is 0 Å². The van der Waals surface area contributed by atoms with Gasteiger partial charge in [0.2, 0.25) is 0 Å². The van der Waals surface area contributed by atoms with E-state index in [0.29, 0.717) is 24.0 Å². The highest BCUT2D eigenvalue weighted by Crippen LogP contribution is 2.17. The molecule has 78 valence electrons. The minimum absolute atomic E-state index is 0.441. The molecule has 0 aliphatic carbocycles. The van der Waals surface area contributed by atoms with Gasteiger partial charge < -0.3 is 10.1 Å². The quantitative estimate of drug-likeness (QED) is 0.811. The maximum absolute atomic E-state index is 8.86. The number of nitrogens with zero attached hydrogens (tertiary/aromatic N) is 1. The van der Waals surface area contributed by atoms with E-state index in [1.54, 1.807) is 6.07 Å². The van der Waals surface area contributed by atoms with Gasteiger partial charge in [-0.05, 0) is 31.5 Å². The average molecular weight is 202 g/mol. The molecule has 0 saturated carbocycles. The third-order valence-corrected chi connectivity index (χ3v) is 2.61. The second kappa shape index (κ2) is 4.81. The van der Waals surface area contributed by atoms with Gasteiger partial charge in [0.15, 0.2) is 0 Å². The molecule has 1 heterocycles. The molecule has 3 heteroatoms. The molecule has 2 rings (SSSR count). The van der Waals surface area contributed by atoms with Crippen LogP contribution in [0.25, 0.3) is 0 Å². The summed E-state index contributed by atoms with van der Waals surface area (Å²) < 4.78 is 5.63. The Balaban J connectivity index is 1.95. The number of hydrogen-bond acceptors (Lipinski definition) is 3. The lowest BCUT2D eigenvalue weighted by molar-refractivity contribution is 0.276. The van der Waals surface area contributed by atoms with Gasteiger partial charge in [0, 0.05) is 6.04 Å². The van der Waals surface area contributed by atoms with Crippen LogP contribution in [0.3, 0.4) is 0 Å². The smallest absolute Gasteiger partial charge is 0.137 e. The average Bonchev–Trinajstić information content (AvgIpc) is 2.79. The Morgan fingerprint density at radius 2 is 2.33 bits per heavy atom. The van der Waals surface area contributed by atoms with E-state index in [9.17, 15) is 0 Å². The molecular formula is C12H14N2O. The largest absolute Gasteiger partial charge is 0.491 e. The molecule has 1 fully saturated rings. The standard InChI is InChI=1S/C12H14N2O/c13-8-10-4-1-2-6-12(10)15-9-11-5-3-7-14-11/h1-2,4,6,11,14H,3,5,7,9H2. The SMILES string of the molecule is N#Cc1ccccc1OCC1CCCN1. The molecule has 1 unspecified atom stereocenters. The highest BCUT2D eigenvalue weighted by molar-refractivity contribution is 5.42. The molecule has 1 aromatic carbocycles. The van der Waals surface area contributed by atoms with E-state index in [2.05, 4.69) is 11.4 Å². The zero-order chi connectivity index (χ0) is 10.5. The number of nitrogens with one attached hydrogen (secondary N) is 1. The zero-order valence-corrected chi connectivity index (χ0v) is 8.57. The second-order valence-electron chi connectivity index (χ2n) is 3.71. The number of ether oxygens (including phenoxy) is 1. The number of nitriles is 1. The zero-order valence-electron chi connectivity index (χ0n) is 8.57. The van der Waals surface area contributed by atoms with Crippen molar-refractivity contribution in [3.63, 3.8) is 0 Å². The van der Waals surface area contributed by atoms with Gasteiger partial charge in [-0.2, -0.15) is 5.26 Å². The lowest BCUT2D eigenvalue weighted by Crippen LogP contribution is -2.28. The molecule has 15 heavy (non-hydrogen) atoms. The molecule has 3 nitrogen and oxygen atoms in total. The van der Waals surface area contributed by atoms with Crippen LogP contribution in [0, 0.1) is 11.3 Å². The Morgan fingerprint density at radius 1 is 1.47 bits per heavy atom. The first-order chi connectivity index (χ1) is 7.40. The Hall–Kier alpha value is -1.53. The van der Waals surface area contributed by atoms with Crippen molar-refractivity contribution < 1.29 is 4.74 Å². The number of hydrogen-bond donors (Lipinski definition) is 1. The summed E-state index contributed by atoms with van der Waals surface area (Å²) in [6.45, 7) is 1.73. The monoisotopic (exact) mass is 202 g/mol. The second-order valence-corrected chi connectivity index (χ2v) is 3.71. The van der Waals surface area contributed by atoms with Crippen LogP contribution >= 0.6 is 0 Å². The maximum atomic E-state index is 8.86. The molecule has 1 N–H and O–H groups in total. The van der Waals surface area contributed by atoms with Gasteiger partial charge in [0.05, 0.1) is 5.56 Å². The molecule has 0 bridgehead atoms. The van der Waals surface area contributed by atoms with Crippen LogP contribution in [0.2, 0.25) is 0 Å². The van der Waals surface area contributed by atoms with E-state index in [0.717, 1.165) is 13.0 Å².